The molecule has 0 aliphatic carbocycles. The summed E-state index contributed by atoms with van der Waals surface area (Å²) in [4.78, 5) is 11.2. The van der Waals surface area contributed by atoms with Gasteiger partial charge in [0.25, 0.3) is 5.89 Å². The molecular weight excluding hydrogens is 431 g/mol. The first-order chi connectivity index (χ1) is 16.6. The van der Waals surface area contributed by atoms with E-state index in [1.54, 1.807) is 6.20 Å². The Kier molecular flexibility index (Phi) is 6.62. The first-order valence-electron chi connectivity index (χ1n) is 11.6. The fourth-order valence-electron chi connectivity index (χ4n) is 4.27. The van der Waals surface area contributed by atoms with Gasteiger partial charge in [0.1, 0.15) is 11.6 Å². The normalized spacial score (nSPS) is 16.5. The van der Waals surface area contributed by atoms with E-state index < -0.39 is 0 Å². The second kappa shape index (κ2) is 10.1. The molecule has 2 aromatic carbocycles. The largest absolute Gasteiger partial charge is 0.493 e. The molecular formula is C27H27FN4O2. The van der Waals surface area contributed by atoms with E-state index in [4.69, 9.17) is 9.26 Å². The summed E-state index contributed by atoms with van der Waals surface area (Å²) in [6.45, 7) is 5.44. The summed E-state index contributed by atoms with van der Waals surface area (Å²) < 4.78 is 24.8. The number of hydrogen-bond donors (Lipinski definition) is 0. The molecule has 1 saturated heterocycles. The minimum atomic E-state index is -0.195. The quantitative estimate of drug-likeness (QED) is 0.362. The van der Waals surface area contributed by atoms with Crippen LogP contribution < -0.4 is 4.74 Å². The number of likely N-dealkylation sites (tertiary alicyclic amines) is 1. The molecule has 1 atom stereocenters. The number of ether oxygens (including phenoxy) is 1. The highest BCUT2D eigenvalue weighted by Crippen LogP contribution is 2.26. The number of aromatic nitrogens is 3. The number of benzene rings is 2. The van der Waals surface area contributed by atoms with E-state index in [-0.39, 0.29) is 5.82 Å². The van der Waals surface area contributed by atoms with Crippen molar-refractivity contribution in [2.45, 2.75) is 26.3 Å². The Morgan fingerprint density at radius 3 is 2.79 bits per heavy atom. The van der Waals surface area contributed by atoms with Gasteiger partial charge in [-0.2, -0.15) is 4.98 Å². The molecule has 0 amide bonds. The molecule has 3 heterocycles. The van der Waals surface area contributed by atoms with Crippen molar-refractivity contribution in [1.29, 1.82) is 0 Å². The molecule has 0 spiro atoms. The first kappa shape index (κ1) is 22.2. The molecule has 4 aromatic rings. The van der Waals surface area contributed by atoms with Crippen LogP contribution in [0.5, 0.6) is 5.75 Å². The monoisotopic (exact) mass is 458 g/mol. The molecule has 34 heavy (non-hydrogen) atoms. The van der Waals surface area contributed by atoms with Crippen LogP contribution in [0.2, 0.25) is 0 Å². The summed E-state index contributed by atoms with van der Waals surface area (Å²) in [7, 11) is 0. The number of piperidine rings is 1. The second-order valence-electron chi connectivity index (χ2n) is 8.82. The Balaban J connectivity index is 1.19. The first-order valence-corrected chi connectivity index (χ1v) is 11.6. The molecule has 174 valence electrons. The van der Waals surface area contributed by atoms with Crippen LogP contribution in [0.25, 0.3) is 22.8 Å². The van der Waals surface area contributed by atoms with Gasteiger partial charge in [0, 0.05) is 42.0 Å². The van der Waals surface area contributed by atoms with Crippen LogP contribution in [0.15, 0.2) is 71.4 Å². The van der Waals surface area contributed by atoms with Crippen molar-refractivity contribution < 1.29 is 13.7 Å². The second-order valence-corrected chi connectivity index (χ2v) is 8.82. The Bertz CT molecular complexity index is 1220. The molecule has 0 N–H and O–H groups in total. The van der Waals surface area contributed by atoms with Gasteiger partial charge in [0.15, 0.2) is 0 Å². The molecule has 1 fully saturated rings. The highest BCUT2D eigenvalue weighted by Gasteiger charge is 2.21. The molecule has 1 aliphatic heterocycles. The van der Waals surface area contributed by atoms with Crippen molar-refractivity contribution >= 4 is 0 Å². The lowest BCUT2D eigenvalue weighted by molar-refractivity contribution is 0.125. The minimum Gasteiger partial charge on any atom is -0.493 e. The predicted octanol–water partition coefficient (Wildman–Crippen LogP) is 5.54. The average Bonchev–Trinajstić information content (AvgIpc) is 3.36. The zero-order chi connectivity index (χ0) is 23.3. The van der Waals surface area contributed by atoms with Gasteiger partial charge in [0.2, 0.25) is 5.82 Å². The Hall–Kier alpha value is -3.58. The fraction of sp³-hybridized carbons (Fsp3) is 0.296. The predicted molar refractivity (Wildman–Crippen MR) is 128 cm³/mol. The molecule has 5 rings (SSSR count). The average molecular weight is 459 g/mol. The Morgan fingerprint density at radius 2 is 1.97 bits per heavy atom. The van der Waals surface area contributed by atoms with Gasteiger partial charge >= 0.3 is 0 Å². The Morgan fingerprint density at radius 1 is 1.09 bits per heavy atom. The third kappa shape index (κ3) is 5.48. The van der Waals surface area contributed by atoms with Crippen LogP contribution in [-0.4, -0.2) is 39.7 Å². The van der Waals surface area contributed by atoms with Crippen molar-refractivity contribution in [2.75, 3.05) is 19.7 Å². The van der Waals surface area contributed by atoms with Crippen LogP contribution in [0.3, 0.4) is 0 Å². The van der Waals surface area contributed by atoms with Crippen molar-refractivity contribution in [3.8, 4) is 28.6 Å². The van der Waals surface area contributed by atoms with E-state index in [9.17, 15) is 4.39 Å². The van der Waals surface area contributed by atoms with E-state index in [0.29, 0.717) is 24.2 Å². The molecule has 2 aromatic heterocycles. The van der Waals surface area contributed by atoms with Crippen LogP contribution in [0, 0.1) is 18.7 Å². The summed E-state index contributed by atoms with van der Waals surface area (Å²) in [6, 6.07) is 18.4. The highest BCUT2D eigenvalue weighted by molar-refractivity contribution is 5.60. The smallest absolute Gasteiger partial charge is 0.258 e. The van der Waals surface area contributed by atoms with Crippen LogP contribution in [-0.2, 0) is 6.54 Å². The number of rotatable bonds is 7. The highest BCUT2D eigenvalue weighted by atomic mass is 19.1. The number of nitrogens with zero attached hydrogens (tertiary/aromatic N) is 4. The van der Waals surface area contributed by atoms with Crippen molar-refractivity contribution in [1.82, 2.24) is 20.0 Å². The molecule has 1 unspecified atom stereocenters. The lowest BCUT2D eigenvalue weighted by Crippen LogP contribution is -2.37. The third-order valence-corrected chi connectivity index (χ3v) is 6.08. The summed E-state index contributed by atoms with van der Waals surface area (Å²) in [5.74, 6) is 1.99. The van der Waals surface area contributed by atoms with Crippen molar-refractivity contribution in [3.63, 3.8) is 0 Å². The van der Waals surface area contributed by atoms with E-state index >= 15 is 0 Å². The number of hydrogen-bond acceptors (Lipinski definition) is 6. The van der Waals surface area contributed by atoms with E-state index in [1.807, 2.05) is 55.5 Å². The number of aryl methyl sites for hydroxylation is 1. The summed E-state index contributed by atoms with van der Waals surface area (Å²) in [6.07, 6.45) is 4.01. The van der Waals surface area contributed by atoms with Crippen LogP contribution >= 0.6 is 0 Å². The van der Waals surface area contributed by atoms with E-state index in [1.165, 1.54) is 12.1 Å². The topological polar surface area (TPSA) is 64.3 Å². The Labute approximate surface area is 198 Å². The number of halogens is 1. The van der Waals surface area contributed by atoms with Gasteiger partial charge < -0.3 is 9.26 Å². The molecule has 0 bridgehead atoms. The van der Waals surface area contributed by atoms with Gasteiger partial charge in [-0.15, -0.1) is 0 Å². The van der Waals surface area contributed by atoms with Gasteiger partial charge in [0.05, 0.1) is 6.61 Å². The zero-order valence-electron chi connectivity index (χ0n) is 19.2. The molecule has 6 nitrogen and oxygen atoms in total. The standard InChI is InChI=1S/C27H27FN4O2/c1-19-7-10-23(15-29-19)26-30-27(34-31-26)22-5-2-6-25(14-22)33-18-21-4-3-13-32(17-21)16-20-8-11-24(28)12-9-20/h2,5-12,14-15,21H,3-4,13,16-18H2,1H3. The van der Waals surface area contributed by atoms with Crippen LogP contribution in [0.4, 0.5) is 4.39 Å². The lowest BCUT2D eigenvalue weighted by Gasteiger charge is -2.32. The molecule has 1 aliphatic rings. The van der Waals surface area contributed by atoms with E-state index in [0.717, 1.165) is 60.6 Å². The van der Waals surface area contributed by atoms with Crippen molar-refractivity contribution in [2.24, 2.45) is 5.92 Å². The van der Waals surface area contributed by atoms with E-state index in [2.05, 4.69) is 20.0 Å². The lowest BCUT2D eigenvalue weighted by atomic mass is 9.98. The maximum Gasteiger partial charge on any atom is 0.258 e. The summed E-state index contributed by atoms with van der Waals surface area (Å²) in [5.41, 5.74) is 3.71. The molecule has 0 saturated carbocycles. The maximum atomic E-state index is 13.2. The van der Waals surface area contributed by atoms with Gasteiger partial charge in [-0.05, 0) is 74.3 Å². The summed E-state index contributed by atoms with van der Waals surface area (Å²) >= 11 is 0. The number of pyridine rings is 1. The third-order valence-electron chi connectivity index (χ3n) is 6.08. The SMILES string of the molecule is Cc1ccc(-c2noc(-c3cccc(OCC4CCCN(Cc5ccc(F)cc5)C4)c3)n2)cn1. The maximum absolute atomic E-state index is 13.2. The molecule has 0 radical (unpaired) electrons. The van der Waals surface area contributed by atoms with Crippen LogP contribution in [0.1, 0.15) is 24.1 Å². The zero-order valence-corrected chi connectivity index (χ0v) is 19.2. The minimum absolute atomic E-state index is 0.195. The fourth-order valence-corrected chi connectivity index (χ4v) is 4.27. The van der Waals surface area contributed by atoms with Gasteiger partial charge in [-0.25, -0.2) is 4.39 Å². The van der Waals surface area contributed by atoms with Gasteiger partial charge in [-0.3, -0.25) is 9.88 Å². The summed E-state index contributed by atoms with van der Waals surface area (Å²) in [5, 5.41) is 4.10. The van der Waals surface area contributed by atoms with Crippen molar-refractivity contribution in [3.05, 3.63) is 83.9 Å². The molecule has 7 heteroatoms. The van der Waals surface area contributed by atoms with Gasteiger partial charge in [-0.1, -0.05) is 23.4 Å².